The van der Waals surface area contributed by atoms with Gasteiger partial charge in [-0.05, 0) is 41.5 Å². The van der Waals surface area contributed by atoms with Crippen LogP contribution < -0.4 is 10.6 Å². The summed E-state index contributed by atoms with van der Waals surface area (Å²) in [5.41, 5.74) is 2.12. The van der Waals surface area contributed by atoms with E-state index in [9.17, 15) is 13.8 Å². The summed E-state index contributed by atoms with van der Waals surface area (Å²) in [7, 11) is -1.34. The minimum Gasteiger partial charge on any atom is -0.410 e. The van der Waals surface area contributed by atoms with E-state index in [-0.39, 0.29) is 17.0 Å². The summed E-state index contributed by atoms with van der Waals surface area (Å²) in [4.78, 5) is 22.1. The molecule has 0 aliphatic heterocycles. The summed E-state index contributed by atoms with van der Waals surface area (Å²) in [6, 6.07) is 6.63. The summed E-state index contributed by atoms with van der Waals surface area (Å²) < 4.78 is 27.2. The second kappa shape index (κ2) is 17.1. The third-order valence-corrected chi connectivity index (χ3v) is 6.05. The van der Waals surface area contributed by atoms with Gasteiger partial charge in [-0.15, -0.1) is 5.10 Å². The fourth-order valence-corrected chi connectivity index (χ4v) is 3.97. The van der Waals surface area contributed by atoms with Gasteiger partial charge in [-0.3, -0.25) is 9.59 Å². The van der Waals surface area contributed by atoms with E-state index in [0.717, 1.165) is 0 Å². The molecule has 0 radical (unpaired) electrons. The lowest BCUT2D eigenvalue weighted by Gasteiger charge is -2.31. The number of amides is 2. The van der Waals surface area contributed by atoms with Gasteiger partial charge in [0.1, 0.15) is 10.8 Å². The highest BCUT2D eigenvalue weighted by atomic mass is 32.2. The molecule has 10 nitrogen and oxygen atoms in total. The van der Waals surface area contributed by atoms with Crippen LogP contribution in [0.5, 0.6) is 0 Å². The minimum absolute atomic E-state index is 0.0554. The van der Waals surface area contributed by atoms with Crippen LogP contribution in [0.25, 0.3) is 11.5 Å². The normalized spacial score (nSPS) is 12.3. The van der Waals surface area contributed by atoms with E-state index in [0.29, 0.717) is 67.9 Å². The summed E-state index contributed by atoms with van der Waals surface area (Å²) in [6.45, 7) is 16.3. The average molecular weight is 553 g/mol. The molecule has 2 aromatic rings. The number of nitrogens with one attached hydrogen (secondary N) is 2. The lowest BCUT2D eigenvalue weighted by atomic mass is 9.75. The van der Waals surface area contributed by atoms with Gasteiger partial charge in [-0.1, -0.05) is 53.1 Å². The standard InChI is InChI=1S/C17H22N4O6S.C10H22/c1-28(24)17-21-20-16(27-17)14-4-2-13(3-5-14)15(23)19-7-9-26-11-10-25-8-6-18-12-22;1-7-10(5,6)8-9(2,3)4/h2-5,12H,6-11H2,1H3,(H,18,22)(H,19,23);7-8H2,1-6H3. The molecule has 0 bridgehead atoms. The summed E-state index contributed by atoms with van der Waals surface area (Å²) in [6.07, 6.45) is 4.67. The molecule has 2 N–H and O–H groups in total. The molecule has 2 rings (SSSR count). The Morgan fingerprint density at radius 1 is 1.00 bits per heavy atom. The molecule has 214 valence electrons. The number of hydrogen-bond donors (Lipinski definition) is 2. The Kier molecular flexibility index (Phi) is 15.0. The van der Waals surface area contributed by atoms with Crippen molar-refractivity contribution in [2.75, 3.05) is 45.8 Å². The van der Waals surface area contributed by atoms with Gasteiger partial charge in [0.2, 0.25) is 12.3 Å². The Hall–Kier alpha value is -2.63. The van der Waals surface area contributed by atoms with Gasteiger partial charge in [-0.2, -0.15) is 0 Å². The van der Waals surface area contributed by atoms with E-state index in [1.807, 2.05) is 0 Å². The molecule has 0 saturated heterocycles. The van der Waals surface area contributed by atoms with E-state index in [1.54, 1.807) is 24.3 Å². The fourth-order valence-electron chi connectivity index (χ4n) is 3.62. The number of nitrogens with zero attached hydrogens (tertiary/aromatic N) is 2. The predicted molar refractivity (Wildman–Crippen MR) is 148 cm³/mol. The molecular weight excluding hydrogens is 508 g/mol. The van der Waals surface area contributed by atoms with Crippen LogP contribution in [0.4, 0.5) is 0 Å². The monoisotopic (exact) mass is 552 g/mol. The molecule has 11 heteroatoms. The van der Waals surface area contributed by atoms with Crippen molar-refractivity contribution in [3.05, 3.63) is 29.8 Å². The zero-order valence-electron chi connectivity index (χ0n) is 23.8. The van der Waals surface area contributed by atoms with E-state index < -0.39 is 10.8 Å². The first-order chi connectivity index (χ1) is 17.9. The highest BCUT2D eigenvalue weighted by Crippen LogP contribution is 2.35. The molecule has 1 aromatic heterocycles. The van der Waals surface area contributed by atoms with Crippen LogP contribution in [-0.2, 0) is 25.1 Å². The average Bonchev–Trinajstić information content (AvgIpc) is 3.35. The lowest BCUT2D eigenvalue weighted by molar-refractivity contribution is -0.109. The van der Waals surface area contributed by atoms with Crippen LogP contribution in [0.1, 0.15) is 64.7 Å². The number of benzene rings is 1. The van der Waals surface area contributed by atoms with Crippen molar-refractivity contribution < 1.29 is 27.7 Å². The van der Waals surface area contributed by atoms with Crippen molar-refractivity contribution in [1.82, 2.24) is 20.8 Å². The molecule has 2 amide bonds. The lowest BCUT2D eigenvalue weighted by Crippen LogP contribution is -2.27. The van der Waals surface area contributed by atoms with Crippen LogP contribution >= 0.6 is 0 Å². The molecule has 0 spiro atoms. The minimum atomic E-state index is -1.34. The van der Waals surface area contributed by atoms with Gasteiger partial charge < -0.3 is 24.5 Å². The van der Waals surface area contributed by atoms with Gasteiger partial charge >= 0.3 is 5.22 Å². The molecule has 0 fully saturated rings. The van der Waals surface area contributed by atoms with Crippen molar-refractivity contribution in [2.24, 2.45) is 10.8 Å². The van der Waals surface area contributed by atoms with Crippen LogP contribution in [0.2, 0.25) is 0 Å². The van der Waals surface area contributed by atoms with Crippen molar-refractivity contribution in [3.8, 4) is 11.5 Å². The number of ether oxygens (including phenoxy) is 2. The highest BCUT2D eigenvalue weighted by molar-refractivity contribution is 7.84. The van der Waals surface area contributed by atoms with Crippen molar-refractivity contribution in [3.63, 3.8) is 0 Å². The Morgan fingerprint density at radius 3 is 2.08 bits per heavy atom. The molecule has 0 aliphatic rings. The van der Waals surface area contributed by atoms with E-state index in [2.05, 4.69) is 62.4 Å². The zero-order chi connectivity index (χ0) is 28.6. The summed E-state index contributed by atoms with van der Waals surface area (Å²) >= 11 is 0. The quantitative estimate of drug-likeness (QED) is 0.252. The SMILES string of the molecule is CCC(C)(C)CC(C)(C)C.CS(=O)c1nnc(-c2ccc(C(=O)NCCOCCOCCNC=O)cc2)o1. The number of rotatable bonds is 15. The fraction of sp³-hybridized carbons (Fsp3) is 0.630. The van der Waals surface area contributed by atoms with E-state index in [1.165, 1.54) is 19.1 Å². The van der Waals surface area contributed by atoms with Crippen LogP contribution in [-0.4, -0.2) is 72.5 Å². The van der Waals surface area contributed by atoms with Crippen molar-refractivity contribution in [2.45, 2.75) is 59.6 Å². The third kappa shape index (κ3) is 14.3. The number of aromatic nitrogens is 2. The van der Waals surface area contributed by atoms with Gasteiger partial charge in [-0.25, -0.2) is 4.21 Å². The second-order valence-corrected chi connectivity index (χ2v) is 12.0. The molecule has 38 heavy (non-hydrogen) atoms. The largest absolute Gasteiger partial charge is 0.410 e. The Balaban J connectivity index is 0.000000612. The number of carbonyl (C=O) groups is 2. The first-order valence-corrected chi connectivity index (χ1v) is 14.3. The topological polar surface area (TPSA) is 133 Å². The first kappa shape index (κ1) is 33.4. The maximum Gasteiger partial charge on any atom is 0.307 e. The third-order valence-electron chi connectivity index (χ3n) is 5.39. The summed E-state index contributed by atoms with van der Waals surface area (Å²) in [5.74, 6) is 0.0157. The van der Waals surface area contributed by atoms with Crippen LogP contribution in [0.3, 0.4) is 0 Å². The maximum absolute atomic E-state index is 12.1. The van der Waals surface area contributed by atoms with Gasteiger partial charge in [0.25, 0.3) is 5.91 Å². The Morgan fingerprint density at radius 2 is 1.61 bits per heavy atom. The molecule has 0 aliphatic carbocycles. The van der Waals surface area contributed by atoms with Gasteiger partial charge in [0, 0.05) is 30.5 Å². The molecule has 1 aromatic carbocycles. The van der Waals surface area contributed by atoms with Gasteiger partial charge in [0.15, 0.2) is 0 Å². The summed E-state index contributed by atoms with van der Waals surface area (Å²) in [5, 5.41) is 12.8. The molecular formula is C27H44N4O6S. The van der Waals surface area contributed by atoms with Crippen LogP contribution in [0, 0.1) is 10.8 Å². The Labute approximate surface area is 229 Å². The van der Waals surface area contributed by atoms with Crippen LogP contribution in [0.15, 0.2) is 33.9 Å². The first-order valence-electron chi connectivity index (χ1n) is 12.8. The predicted octanol–water partition coefficient (Wildman–Crippen LogP) is 3.84. The molecule has 0 saturated carbocycles. The van der Waals surface area contributed by atoms with E-state index in [4.69, 9.17) is 13.9 Å². The number of hydrogen-bond acceptors (Lipinski definition) is 8. The highest BCUT2D eigenvalue weighted by Gasteiger charge is 2.23. The molecule has 1 atom stereocenters. The van der Waals surface area contributed by atoms with Crippen molar-refractivity contribution in [1.29, 1.82) is 0 Å². The van der Waals surface area contributed by atoms with Gasteiger partial charge in [0.05, 0.1) is 26.4 Å². The second-order valence-electron chi connectivity index (χ2n) is 10.7. The maximum atomic E-state index is 12.1. The molecule has 1 heterocycles. The molecule has 1 unspecified atom stereocenters. The smallest absolute Gasteiger partial charge is 0.307 e. The number of carbonyl (C=O) groups excluding carboxylic acids is 2. The Bertz CT molecular complexity index is 986. The zero-order valence-corrected chi connectivity index (χ0v) is 24.6. The van der Waals surface area contributed by atoms with Crippen molar-refractivity contribution >= 4 is 23.1 Å². The van der Waals surface area contributed by atoms with E-state index >= 15 is 0 Å².